The van der Waals surface area contributed by atoms with Gasteiger partial charge in [-0.2, -0.15) is 0 Å². The van der Waals surface area contributed by atoms with Gasteiger partial charge in [-0.25, -0.2) is 0 Å². The van der Waals surface area contributed by atoms with Crippen LogP contribution in [-0.4, -0.2) is 20.2 Å². The van der Waals surface area contributed by atoms with Crippen molar-refractivity contribution < 1.29 is 4.74 Å². The van der Waals surface area contributed by atoms with Crippen molar-refractivity contribution >= 4 is 0 Å². The normalized spacial score (nSPS) is 12.5. The van der Waals surface area contributed by atoms with Crippen LogP contribution in [0.5, 0.6) is 5.75 Å². The molecule has 0 atom stereocenters. The lowest BCUT2D eigenvalue weighted by molar-refractivity contribution is 0.283. The van der Waals surface area contributed by atoms with Crippen LogP contribution >= 0.6 is 0 Å². The highest BCUT2D eigenvalue weighted by atomic mass is 16.5. The molecule has 2 heteroatoms. The monoisotopic (exact) mass is 263 g/mol. The van der Waals surface area contributed by atoms with Crippen molar-refractivity contribution in [1.82, 2.24) is 5.32 Å². The molecule has 0 aliphatic carbocycles. The highest BCUT2D eigenvalue weighted by Crippen LogP contribution is 2.36. The molecule has 0 unspecified atom stereocenters. The van der Waals surface area contributed by atoms with E-state index < -0.39 is 0 Å². The maximum absolute atomic E-state index is 5.65. The van der Waals surface area contributed by atoms with Crippen molar-refractivity contribution in [1.29, 1.82) is 0 Å². The number of benzene rings is 1. The maximum atomic E-state index is 5.65. The highest BCUT2D eigenvalue weighted by Gasteiger charge is 2.27. The van der Waals surface area contributed by atoms with E-state index in [0.717, 1.165) is 12.3 Å². The van der Waals surface area contributed by atoms with Crippen LogP contribution in [0.1, 0.15) is 46.6 Å². The van der Waals surface area contributed by atoms with Gasteiger partial charge in [-0.1, -0.05) is 46.8 Å². The smallest absolute Gasteiger partial charge is 0.119 e. The van der Waals surface area contributed by atoms with Crippen LogP contribution in [0.25, 0.3) is 0 Å². The zero-order valence-electron chi connectivity index (χ0n) is 13.3. The summed E-state index contributed by atoms with van der Waals surface area (Å²) in [4.78, 5) is 0. The Morgan fingerprint density at radius 3 is 2.05 bits per heavy atom. The Bertz CT molecular complexity index is 373. The van der Waals surface area contributed by atoms with Crippen molar-refractivity contribution in [2.75, 3.05) is 20.2 Å². The SMILES string of the molecule is CNCCOc1ccc(C(C)(C)CC(C)(C)C)cc1. The third-order valence-electron chi connectivity index (χ3n) is 3.23. The quantitative estimate of drug-likeness (QED) is 0.783. The van der Waals surface area contributed by atoms with E-state index in [0.29, 0.717) is 12.0 Å². The summed E-state index contributed by atoms with van der Waals surface area (Å²) in [6.07, 6.45) is 1.17. The first kappa shape index (κ1) is 16.0. The number of likely N-dealkylation sites (N-methyl/N-ethyl adjacent to an activating group) is 1. The van der Waals surface area contributed by atoms with Gasteiger partial charge in [-0.3, -0.25) is 0 Å². The van der Waals surface area contributed by atoms with Crippen molar-refractivity contribution in [3.05, 3.63) is 29.8 Å². The second-order valence-electron chi connectivity index (χ2n) is 7.10. The van der Waals surface area contributed by atoms with Gasteiger partial charge in [0.05, 0.1) is 0 Å². The highest BCUT2D eigenvalue weighted by molar-refractivity contribution is 5.31. The molecule has 1 aromatic rings. The van der Waals surface area contributed by atoms with E-state index in [2.05, 4.69) is 64.2 Å². The van der Waals surface area contributed by atoms with Gasteiger partial charge in [0.15, 0.2) is 0 Å². The van der Waals surface area contributed by atoms with Crippen LogP contribution < -0.4 is 10.1 Å². The number of hydrogen-bond donors (Lipinski definition) is 1. The molecule has 0 aliphatic heterocycles. The Morgan fingerprint density at radius 2 is 1.58 bits per heavy atom. The molecule has 0 bridgehead atoms. The largest absolute Gasteiger partial charge is 0.492 e. The van der Waals surface area contributed by atoms with Gasteiger partial charge in [0.1, 0.15) is 12.4 Å². The van der Waals surface area contributed by atoms with Crippen molar-refractivity contribution in [2.24, 2.45) is 5.41 Å². The van der Waals surface area contributed by atoms with E-state index in [1.807, 2.05) is 7.05 Å². The van der Waals surface area contributed by atoms with Crippen LogP contribution in [-0.2, 0) is 5.41 Å². The molecular formula is C17H29NO. The molecule has 1 aromatic carbocycles. The Labute approximate surface area is 118 Å². The molecule has 0 saturated heterocycles. The molecule has 2 nitrogen and oxygen atoms in total. The van der Waals surface area contributed by atoms with E-state index in [1.54, 1.807) is 0 Å². The fourth-order valence-electron chi connectivity index (χ4n) is 2.70. The van der Waals surface area contributed by atoms with E-state index in [4.69, 9.17) is 4.74 Å². The van der Waals surface area contributed by atoms with Crippen molar-refractivity contribution in [3.63, 3.8) is 0 Å². The average Bonchev–Trinajstić information content (AvgIpc) is 2.27. The third kappa shape index (κ3) is 5.65. The minimum atomic E-state index is 0.196. The summed E-state index contributed by atoms with van der Waals surface area (Å²) in [5.41, 5.74) is 1.91. The summed E-state index contributed by atoms with van der Waals surface area (Å²) in [5, 5.41) is 3.07. The molecule has 0 fully saturated rings. The second-order valence-corrected chi connectivity index (χ2v) is 7.10. The fraction of sp³-hybridized carbons (Fsp3) is 0.647. The number of rotatable bonds is 6. The van der Waals surface area contributed by atoms with Crippen LogP contribution in [0.3, 0.4) is 0 Å². The summed E-state index contributed by atoms with van der Waals surface area (Å²) in [5.74, 6) is 0.950. The molecular weight excluding hydrogens is 234 g/mol. The van der Waals surface area contributed by atoms with E-state index >= 15 is 0 Å². The first-order valence-corrected chi connectivity index (χ1v) is 7.12. The zero-order chi connectivity index (χ0) is 14.5. The Balaban J connectivity index is 2.69. The molecule has 0 spiro atoms. The average molecular weight is 263 g/mol. The van der Waals surface area contributed by atoms with Gasteiger partial charge < -0.3 is 10.1 Å². The summed E-state index contributed by atoms with van der Waals surface area (Å²) in [6, 6.07) is 8.55. The fourth-order valence-corrected chi connectivity index (χ4v) is 2.70. The van der Waals surface area contributed by atoms with Crippen molar-refractivity contribution in [3.8, 4) is 5.75 Å². The molecule has 0 radical (unpaired) electrons. The molecule has 19 heavy (non-hydrogen) atoms. The van der Waals surface area contributed by atoms with Gasteiger partial charge >= 0.3 is 0 Å². The summed E-state index contributed by atoms with van der Waals surface area (Å²) in [6.45, 7) is 13.1. The summed E-state index contributed by atoms with van der Waals surface area (Å²) >= 11 is 0. The minimum Gasteiger partial charge on any atom is -0.492 e. The topological polar surface area (TPSA) is 21.3 Å². The maximum Gasteiger partial charge on any atom is 0.119 e. The molecule has 0 aliphatic rings. The first-order chi connectivity index (χ1) is 8.74. The van der Waals surface area contributed by atoms with Crippen LogP contribution in [0.2, 0.25) is 0 Å². The third-order valence-corrected chi connectivity index (χ3v) is 3.23. The molecule has 0 heterocycles. The lowest BCUT2D eigenvalue weighted by Crippen LogP contribution is -2.24. The lowest BCUT2D eigenvalue weighted by atomic mass is 9.72. The standard InChI is InChI=1S/C17H29NO/c1-16(2,3)13-17(4,5)14-7-9-15(10-8-14)19-12-11-18-6/h7-10,18H,11-13H2,1-6H3. The predicted molar refractivity (Wildman–Crippen MR) is 83.0 cm³/mol. The predicted octanol–water partition coefficient (Wildman–Crippen LogP) is 4.00. The zero-order valence-corrected chi connectivity index (χ0v) is 13.3. The van der Waals surface area contributed by atoms with Gasteiger partial charge in [0.2, 0.25) is 0 Å². The molecule has 1 N–H and O–H groups in total. The second kappa shape index (κ2) is 6.42. The Kier molecular flexibility index (Phi) is 5.42. The summed E-state index contributed by atoms with van der Waals surface area (Å²) in [7, 11) is 1.93. The lowest BCUT2D eigenvalue weighted by Gasteiger charge is -2.33. The number of hydrogen-bond acceptors (Lipinski definition) is 2. The number of ether oxygens (including phenoxy) is 1. The van der Waals surface area contributed by atoms with E-state index in [-0.39, 0.29) is 5.41 Å². The molecule has 0 saturated carbocycles. The Morgan fingerprint density at radius 1 is 1.00 bits per heavy atom. The molecule has 0 amide bonds. The van der Waals surface area contributed by atoms with E-state index in [1.165, 1.54) is 12.0 Å². The Hall–Kier alpha value is -1.02. The van der Waals surface area contributed by atoms with Gasteiger partial charge in [-0.15, -0.1) is 0 Å². The van der Waals surface area contributed by atoms with Gasteiger partial charge in [0.25, 0.3) is 0 Å². The summed E-state index contributed by atoms with van der Waals surface area (Å²) < 4.78 is 5.65. The van der Waals surface area contributed by atoms with Crippen LogP contribution in [0.4, 0.5) is 0 Å². The number of nitrogens with one attached hydrogen (secondary N) is 1. The molecule has 0 aromatic heterocycles. The molecule has 108 valence electrons. The van der Waals surface area contributed by atoms with Gasteiger partial charge in [-0.05, 0) is 42.0 Å². The van der Waals surface area contributed by atoms with Gasteiger partial charge in [0, 0.05) is 6.54 Å². The van der Waals surface area contributed by atoms with E-state index in [9.17, 15) is 0 Å². The van der Waals surface area contributed by atoms with Crippen LogP contribution in [0, 0.1) is 5.41 Å². The minimum absolute atomic E-state index is 0.196. The van der Waals surface area contributed by atoms with Crippen LogP contribution in [0.15, 0.2) is 24.3 Å². The first-order valence-electron chi connectivity index (χ1n) is 7.12. The molecule has 1 rings (SSSR count). The van der Waals surface area contributed by atoms with Crippen molar-refractivity contribution in [2.45, 2.75) is 46.5 Å².